The number of nitrogens with zero attached hydrogens (tertiary/aromatic N) is 2. The average Bonchev–Trinajstić information content (AvgIpc) is 3.12. The maximum absolute atomic E-state index is 12.5. The van der Waals surface area contributed by atoms with Gasteiger partial charge in [-0.2, -0.15) is 4.98 Å². The van der Waals surface area contributed by atoms with Crippen molar-refractivity contribution in [1.82, 2.24) is 10.1 Å². The van der Waals surface area contributed by atoms with Crippen molar-refractivity contribution in [3.8, 4) is 5.75 Å². The third-order valence-corrected chi connectivity index (χ3v) is 4.19. The molecule has 1 aromatic heterocycles. The summed E-state index contributed by atoms with van der Waals surface area (Å²) in [6.45, 7) is 4.01. The molecule has 2 aromatic carbocycles. The van der Waals surface area contributed by atoms with E-state index >= 15 is 0 Å². The minimum atomic E-state index is -0.290. The van der Waals surface area contributed by atoms with Crippen molar-refractivity contribution in [3.05, 3.63) is 70.3 Å². The SMILES string of the molecule is COc1ccc(Cl)cc1C(=O)Nc1ccc(Cc2noc(C(C)C)n2)cc1. The van der Waals surface area contributed by atoms with Gasteiger partial charge in [0.2, 0.25) is 5.89 Å². The lowest BCUT2D eigenvalue weighted by atomic mass is 10.1. The zero-order valence-corrected chi connectivity index (χ0v) is 16.1. The quantitative estimate of drug-likeness (QED) is 0.665. The van der Waals surface area contributed by atoms with Crippen LogP contribution < -0.4 is 10.1 Å². The minimum absolute atomic E-state index is 0.201. The molecule has 0 aliphatic carbocycles. The van der Waals surface area contributed by atoms with Gasteiger partial charge in [0, 0.05) is 23.0 Å². The van der Waals surface area contributed by atoms with E-state index in [0.717, 1.165) is 5.56 Å². The Morgan fingerprint density at radius 2 is 1.96 bits per heavy atom. The summed E-state index contributed by atoms with van der Waals surface area (Å²) in [6.07, 6.45) is 0.562. The highest BCUT2D eigenvalue weighted by Crippen LogP contribution is 2.24. The van der Waals surface area contributed by atoms with Gasteiger partial charge >= 0.3 is 0 Å². The summed E-state index contributed by atoms with van der Waals surface area (Å²) in [7, 11) is 1.51. The van der Waals surface area contributed by atoms with Crippen molar-refractivity contribution in [1.29, 1.82) is 0 Å². The third kappa shape index (κ3) is 4.65. The van der Waals surface area contributed by atoms with Crippen molar-refractivity contribution in [2.75, 3.05) is 12.4 Å². The fraction of sp³-hybridized carbons (Fsp3) is 0.250. The standard InChI is InChI=1S/C20H20ClN3O3/c1-12(2)20-23-18(24-27-20)10-13-4-7-15(8-5-13)22-19(25)16-11-14(21)6-9-17(16)26-3/h4-9,11-12H,10H2,1-3H3,(H,22,25). The zero-order chi connectivity index (χ0) is 19.4. The fourth-order valence-electron chi connectivity index (χ4n) is 2.52. The number of aromatic nitrogens is 2. The topological polar surface area (TPSA) is 77.2 Å². The largest absolute Gasteiger partial charge is 0.496 e. The molecule has 0 spiro atoms. The molecule has 1 N–H and O–H groups in total. The van der Waals surface area contributed by atoms with Gasteiger partial charge in [0.05, 0.1) is 12.7 Å². The van der Waals surface area contributed by atoms with Crippen LogP contribution in [-0.4, -0.2) is 23.2 Å². The van der Waals surface area contributed by atoms with Gasteiger partial charge in [-0.15, -0.1) is 0 Å². The second-order valence-corrected chi connectivity index (χ2v) is 6.81. The molecule has 140 valence electrons. The Hall–Kier alpha value is -2.86. The van der Waals surface area contributed by atoms with Crippen LogP contribution in [0.15, 0.2) is 47.0 Å². The maximum atomic E-state index is 12.5. The van der Waals surface area contributed by atoms with E-state index in [-0.39, 0.29) is 11.8 Å². The predicted molar refractivity (Wildman–Crippen MR) is 104 cm³/mol. The van der Waals surface area contributed by atoms with E-state index in [9.17, 15) is 4.79 Å². The third-order valence-electron chi connectivity index (χ3n) is 3.96. The molecule has 7 heteroatoms. The van der Waals surface area contributed by atoms with Gasteiger partial charge in [-0.05, 0) is 35.9 Å². The highest BCUT2D eigenvalue weighted by Gasteiger charge is 2.14. The molecule has 3 rings (SSSR count). The number of hydrogen-bond donors (Lipinski definition) is 1. The van der Waals surface area contributed by atoms with Gasteiger partial charge in [-0.25, -0.2) is 0 Å². The summed E-state index contributed by atoms with van der Waals surface area (Å²) in [5.74, 6) is 1.64. The number of amides is 1. The first-order valence-electron chi connectivity index (χ1n) is 8.52. The smallest absolute Gasteiger partial charge is 0.259 e. The lowest BCUT2D eigenvalue weighted by Crippen LogP contribution is -2.13. The number of ether oxygens (including phenoxy) is 1. The Morgan fingerprint density at radius 1 is 1.22 bits per heavy atom. The maximum Gasteiger partial charge on any atom is 0.259 e. The van der Waals surface area contributed by atoms with E-state index in [4.69, 9.17) is 20.9 Å². The Morgan fingerprint density at radius 3 is 2.59 bits per heavy atom. The van der Waals surface area contributed by atoms with Gasteiger partial charge in [-0.1, -0.05) is 42.7 Å². The number of hydrogen-bond acceptors (Lipinski definition) is 5. The highest BCUT2D eigenvalue weighted by molar-refractivity contribution is 6.31. The second kappa shape index (κ2) is 8.22. The Kier molecular flexibility index (Phi) is 5.76. The molecule has 0 bridgehead atoms. The average molecular weight is 386 g/mol. The fourth-order valence-corrected chi connectivity index (χ4v) is 2.69. The summed E-state index contributed by atoms with van der Waals surface area (Å²) in [5.41, 5.74) is 2.06. The molecule has 0 saturated carbocycles. The van der Waals surface area contributed by atoms with Crippen LogP contribution in [0.4, 0.5) is 5.69 Å². The molecule has 27 heavy (non-hydrogen) atoms. The summed E-state index contributed by atoms with van der Waals surface area (Å²) >= 11 is 5.98. The molecular formula is C20H20ClN3O3. The molecule has 0 atom stereocenters. The van der Waals surface area contributed by atoms with Gasteiger partial charge in [0.15, 0.2) is 5.82 Å². The van der Waals surface area contributed by atoms with Crippen molar-refractivity contribution >= 4 is 23.2 Å². The molecule has 1 amide bonds. The lowest BCUT2D eigenvalue weighted by Gasteiger charge is -2.10. The van der Waals surface area contributed by atoms with E-state index in [1.807, 2.05) is 38.1 Å². The monoisotopic (exact) mass is 385 g/mol. The molecule has 0 unspecified atom stereocenters. The Bertz CT molecular complexity index is 936. The van der Waals surface area contributed by atoms with E-state index in [2.05, 4.69) is 15.5 Å². The second-order valence-electron chi connectivity index (χ2n) is 6.38. The number of rotatable bonds is 6. The number of halogens is 1. The van der Waals surface area contributed by atoms with Crippen LogP contribution in [0.1, 0.15) is 47.4 Å². The minimum Gasteiger partial charge on any atom is -0.496 e. The van der Waals surface area contributed by atoms with Gasteiger partial charge in [0.25, 0.3) is 5.91 Å². The molecule has 0 aliphatic heterocycles. The van der Waals surface area contributed by atoms with Crippen molar-refractivity contribution in [2.24, 2.45) is 0 Å². The first-order chi connectivity index (χ1) is 13.0. The number of nitrogens with one attached hydrogen (secondary N) is 1. The van der Waals surface area contributed by atoms with E-state index in [1.54, 1.807) is 18.2 Å². The van der Waals surface area contributed by atoms with Crippen LogP contribution in [-0.2, 0) is 6.42 Å². The van der Waals surface area contributed by atoms with Crippen molar-refractivity contribution in [2.45, 2.75) is 26.2 Å². The number of benzene rings is 2. The summed E-state index contributed by atoms with van der Waals surface area (Å²) in [4.78, 5) is 16.9. The zero-order valence-electron chi connectivity index (χ0n) is 15.3. The molecule has 0 radical (unpaired) electrons. The van der Waals surface area contributed by atoms with Crippen LogP contribution in [0, 0.1) is 0 Å². The molecule has 0 fully saturated rings. The number of anilines is 1. The van der Waals surface area contributed by atoms with E-state index in [0.29, 0.717) is 40.2 Å². The normalized spacial score (nSPS) is 10.9. The Balaban J connectivity index is 1.68. The number of carbonyl (C=O) groups is 1. The van der Waals surface area contributed by atoms with Crippen LogP contribution in [0.5, 0.6) is 5.75 Å². The molecule has 3 aromatic rings. The molecular weight excluding hydrogens is 366 g/mol. The van der Waals surface area contributed by atoms with Crippen LogP contribution >= 0.6 is 11.6 Å². The van der Waals surface area contributed by atoms with Crippen LogP contribution in [0.3, 0.4) is 0 Å². The summed E-state index contributed by atoms with van der Waals surface area (Å²) < 4.78 is 10.4. The van der Waals surface area contributed by atoms with Gasteiger partial charge in [0.1, 0.15) is 5.75 Å². The molecule has 0 saturated heterocycles. The first-order valence-corrected chi connectivity index (χ1v) is 8.90. The summed E-state index contributed by atoms with van der Waals surface area (Å²) in [6, 6.07) is 12.4. The van der Waals surface area contributed by atoms with Crippen molar-refractivity contribution < 1.29 is 14.1 Å². The predicted octanol–water partition coefficient (Wildman–Crippen LogP) is 4.70. The van der Waals surface area contributed by atoms with E-state index < -0.39 is 0 Å². The number of methoxy groups -OCH3 is 1. The van der Waals surface area contributed by atoms with E-state index in [1.165, 1.54) is 7.11 Å². The van der Waals surface area contributed by atoms with Crippen LogP contribution in [0.25, 0.3) is 0 Å². The summed E-state index contributed by atoms with van der Waals surface area (Å²) in [5, 5.41) is 7.30. The molecule has 0 aliphatic rings. The van der Waals surface area contributed by atoms with Gasteiger partial charge < -0.3 is 14.6 Å². The Labute approximate surface area is 162 Å². The highest BCUT2D eigenvalue weighted by atomic mass is 35.5. The molecule has 1 heterocycles. The number of carbonyl (C=O) groups excluding carboxylic acids is 1. The molecule has 6 nitrogen and oxygen atoms in total. The lowest BCUT2D eigenvalue weighted by molar-refractivity contribution is 0.102. The first kappa shape index (κ1) is 18.9. The van der Waals surface area contributed by atoms with Crippen molar-refractivity contribution in [3.63, 3.8) is 0 Å². The van der Waals surface area contributed by atoms with Gasteiger partial charge in [-0.3, -0.25) is 4.79 Å². The van der Waals surface area contributed by atoms with Crippen LogP contribution in [0.2, 0.25) is 5.02 Å².